The Morgan fingerprint density at radius 2 is 2.45 bits per heavy atom. The van der Waals surface area contributed by atoms with Crippen molar-refractivity contribution in [2.24, 2.45) is 0 Å². The van der Waals surface area contributed by atoms with Crippen LogP contribution in [0.1, 0.15) is 0 Å². The fourth-order valence-corrected chi connectivity index (χ4v) is 0.888. The number of hydrogen-bond donors (Lipinski definition) is 1. The number of nitrogen functional groups attached to an aromatic ring is 1. The van der Waals surface area contributed by atoms with E-state index in [4.69, 9.17) is 5.73 Å². The van der Waals surface area contributed by atoms with E-state index in [9.17, 15) is 4.79 Å². The molecule has 1 rings (SSSR count). The van der Waals surface area contributed by atoms with Crippen molar-refractivity contribution in [1.29, 1.82) is 0 Å². The van der Waals surface area contributed by atoms with Gasteiger partial charge in [-0.15, -0.1) is 0 Å². The molecule has 58 valence electrons. The number of carbonyl (C=O) groups is 1. The molecule has 4 nitrogen and oxygen atoms in total. The predicted molar refractivity (Wildman–Crippen MR) is 43.0 cm³/mol. The number of ether oxygens (including phenoxy) is 1. The van der Waals surface area contributed by atoms with Crippen LogP contribution >= 0.6 is 15.9 Å². The van der Waals surface area contributed by atoms with Crippen LogP contribution in [0.25, 0.3) is 0 Å². The van der Waals surface area contributed by atoms with Crippen LogP contribution in [0.5, 0.6) is 5.75 Å². The maximum absolute atomic E-state index is 9.92. The van der Waals surface area contributed by atoms with Gasteiger partial charge in [-0.3, -0.25) is 4.79 Å². The van der Waals surface area contributed by atoms with Crippen LogP contribution in [0, 0.1) is 0 Å². The quantitative estimate of drug-likeness (QED) is 0.749. The SMILES string of the molecule is Nc1ncc(Br)cc1OC=O. The highest BCUT2D eigenvalue weighted by atomic mass is 79.9. The smallest absolute Gasteiger partial charge is 0.298 e. The second-order valence-electron chi connectivity index (χ2n) is 1.75. The van der Waals surface area contributed by atoms with Crippen molar-refractivity contribution in [3.8, 4) is 5.75 Å². The standard InChI is InChI=1S/C6H5BrN2O2/c7-4-1-5(11-3-10)6(8)9-2-4/h1-3H,(H2,8,9). The van der Waals surface area contributed by atoms with Crippen molar-refractivity contribution in [3.05, 3.63) is 16.7 Å². The molecule has 0 atom stereocenters. The minimum atomic E-state index is 0.195. The fourth-order valence-electron chi connectivity index (χ4n) is 0.578. The topological polar surface area (TPSA) is 65.2 Å². The van der Waals surface area contributed by atoms with Crippen LogP contribution in [0.4, 0.5) is 5.82 Å². The molecule has 0 saturated heterocycles. The summed E-state index contributed by atoms with van der Waals surface area (Å²) in [7, 11) is 0. The molecule has 0 aliphatic heterocycles. The summed E-state index contributed by atoms with van der Waals surface area (Å²) >= 11 is 3.15. The first kappa shape index (κ1) is 8.00. The average Bonchev–Trinajstić information content (AvgIpc) is 1.98. The molecule has 0 saturated carbocycles. The summed E-state index contributed by atoms with van der Waals surface area (Å²) in [4.78, 5) is 13.7. The number of halogens is 1. The Morgan fingerprint density at radius 1 is 1.73 bits per heavy atom. The van der Waals surface area contributed by atoms with Crippen LogP contribution < -0.4 is 10.5 Å². The Labute approximate surface area is 71.5 Å². The van der Waals surface area contributed by atoms with Gasteiger partial charge in [0, 0.05) is 16.7 Å². The Bertz CT molecular complexity index is 277. The van der Waals surface area contributed by atoms with Crippen molar-refractivity contribution in [2.45, 2.75) is 0 Å². The molecule has 5 heteroatoms. The third-order valence-electron chi connectivity index (χ3n) is 1.02. The summed E-state index contributed by atoms with van der Waals surface area (Å²) in [6.07, 6.45) is 1.52. The monoisotopic (exact) mass is 216 g/mol. The van der Waals surface area contributed by atoms with Gasteiger partial charge in [0.2, 0.25) is 0 Å². The second-order valence-corrected chi connectivity index (χ2v) is 2.67. The van der Waals surface area contributed by atoms with Gasteiger partial charge in [-0.25, -0.2) is 4.98 Å². The average molecular weight is 217 g/mol. The van der Waals surface area contributed by atoms with E-state index in [1.807, 2.05) is 0 Å². The highest BCUT2D eigenvalue weighted by Gasteiger charge is 2.00. The normalized spacial score (nSPS) is 9.18. The molecule has 1 aromatic heterocycles. The van der Waals surface area contributed by atoms with E-state index < -0.39 is 0 Å². The molecule has 11 heavy (non-hydrogen) atoms. The van der Waals surface area contributed by atoms with E-state index in [0.29, 0.717) is 10.9 Å². The molecular formula is C6H5BrN2O2. The van der Waals surface area contributed by atoms with Gasteiger partial charge in [-0.05, 0) is 15.9 Å². The van der Waals surface area contributed by atoms with Crippen LogP contribution in [0.2, 0.25) is 0 Å². The van der Waals surface area contributed by atoms with Crippen LogP contribution in [0.3, 0.4) is 0 Å². The summed E-state index contributed by atoms with van der Waals surface area (Å²) in [5, 5.41) is 0. The first-order chi connectivity index (χ1) is 5.24. The Hall–Kier alpha value is -1.10. The Kier molecular flexibility index (Phi) is 2.43. The molecule has 0 bridgehead atoms. The number of carbonyl (C=O) groups excluding carboxylic acids is 1. The van der Waals surface area contributed by atoms with Crippen molar-refractivity contribution in [3.63, 3.8) is 0 Å². The molecule has 0 fully saturated rings. The van der Waals surface area contributed by atoms with Crippen molar-refractivity contribution in [1.82, 2.24) is 4.98 Å². The molecule has 0 radical (unpaired) electrons. The summed E-state index contributed by atoms with van der Waals surface area (Å²) in [6, 6.07) is 1.57. The van der Waals surface area contributed by atoms with E-state index in [0.717, 1.165) is 0 Å². The summed E-state index contributed by atoms with van der Waals surface area (Å²) < 4.78 is 5.23. The van der Waals surface area contributed by atoms with Crippen molar-refractivity contribution < 1.29 is 9.53 Å². The van der Waals surface area contributed by atoms with Gasteiger partial charge in [0.25, 0.3) is 6.47 Å². The summed E-state index contributed by atoms with van der Waals surface area (Å²) in [5.74, 6) is 0.453. The highest BCUT2D eigenvalue weighted by Crippen LogP contribution is 2.21. The molecule has 0 spiro atoms. The number of nitrogens with zero attached hydrogens (tertiary/aromatic N) is 1. The molecule has 0 unspecified atom stereocenters. The number of nitrogens with two attached hydrogens (primary N) is 1. The minimum Gasteiger partial charge on any atom is -0.425 e. The number of anilines is 1. The van der Waals surface area contributed by atoms with Gasteiger partial charge >= 0.3 is 0 Å². The van der Waals surface area contributed by atoms with E-state index in [-0.39, 0.29) is 11.6 Å². The molecule has 0 aliphatic rings. The molecule has 0 aromatic carbocycles. The van der Waals surface area contributed by atoms with Gasteiger partial charge in [-0.1, -0.05) is 0 Å². The maximum Gasteiger partial charge on any atom is 0.298 e. The lowest BCUT2D eigenvalue weighted by atomic mass is 10.4. The molecule has 0 aliphatic carbocycles. The third-order valence-corrected chi connectivity index (χ3v) is 1.46. The molecule has 0 amide bonds. The molecule has 1 aromatic rings. The first-order valence-electron chi connectivity index (χ1n) is 2.75. The van der Waals surface area contributed by atoms with Crippen molar-refractivity contribution in [2.75, 3.05) is 5.73 Å². The van der Waals surface area contributed by atoms with Crippen molar-refractivity contribution >= 4 is 28.2 Å². The van der Waals surface area contributed by atoms with Crippen LogP contribution in [-0.4, -0.2) is 11.5 Å². The van der Waals surface area contributed by atoms with E-state index in [1.165, 1.54) is 6.20 Å². The minimum absolute atomic E-state index is 0.195. The van der Waals surface area contributed by atoms with Crippen LogP contribution in [-0.2, 0) is 4.79 Å². The molecule has 1 heterocycles. The fraction of sp³-hybridized carbons (Fsp3) is 0. The van der Waals surface area contributed by atoms with Crippen LogP contribution in [0.15, 0.2) is 16.7 Å². The third kappa shape index (κ3) is 1.91. The number of rotatable bonds is 2. The van der Waals surface area contributed by atoms with Gasteiger partial charge in [0.1, 0.15) is 0 Å². The summed E-state index contributed by atoms with van der Waals surface area (Å²) in [5.41, 5.74) is 5.36. The van der Waals surface area contributed by atoms with E-state index >= 15 is 0 Å². The largest absolute Gasteiger partial charge is 0.425 e. The maximum atomic E-state index is 9.92. The first-order valence-corrected chi connectivity index (χ1v) is 3.54. The van der Waals surface area contributed by atoms with E-state index in [1.54, 1.807) is 6.07 Å². The lowest BCUT2D eigenvalue weighted by Gasteiger charge is -2.00. The number of hydrogen-bond acceptors (Lipinski definition) is 4. The number of aromatic nitrogens is 1. The Morgan fingerprint density at radius 3 is 3.09 bits per heavy atom. The lowest BCUT2D eigenvalue weighted by molar-refractivity contribution is -0.120. The zero-order valence-corrected chi connectivity index (χ0v) is 7.04. The molecule has 2 N–H and O–H groups in total. The van der Waals surface area contributed by atoms with Gasteiger partial charge < -0.3 is 10.5 Å². The zero-order valence-electron chi connectivity index (χ0n) is 5.45. The van der Waals surface area contributed by atoms with Gasteiger partial charge in [-0.2, -0.15) is 0 Å². The number of pyridine rings is 1. The highest BCUT2D eigenvalue weighted by molar-refractivity contribution is 9.10. The Balaban J connectivity index is 3.01. The van der Waals surface area contributed by atoms with Gasteiger partial charge in [0.15, 0.2) is 11.6 Å². The van der Waals surface area contributed by atoms with Gasteiger partial charge in [0.05, 0.1) is 0 Å². The zero-order chi connectivity index (χ0) is 8.27. The second kappa shape index (κ2) is 3.34. The molecular weight excluding hydrogens is 212 g/mol. The predicted octanol–water partition coefficient (Wildman–Crippen LogP) is 0.962. The summed E-state index contributed by atoms with van der Waals surface area (Å²) in [6.45, 7) is 0.305. The lowest BCUT2D eigenvalue weighted by Crippen LogP contribution is -1.97. The van der Waals surface area contributed by atoms with E-state index in [2.05, 4.69) is 25.7 Å².